The Morgan fingerprint density at radius 2 is 1.92 bits per heavy atom. The van der Waals surface area contributed by atoms with Crippen LogP contribution in [0.15, 0.2) is 45.5 Å². The number of furan rings is 1. The number of ether oxygens (including phenoxy) is 1. The maximum absolute atomic E-state index is 12.1. The Balaban J connectivity index is 1.59. The van der Waals surface area contributed by atoms with Crippen LogP contribution in [0.1, 0.15) is 33.8 Å². The fraction of sp³-hybridized carbons (Fsp3) is 0.235. The number of hydrogen-bond acceptors (Lipinski definition) is 5. The molecular formula is C17H14BrNO5. The van der Waals surface area contributed by atoms with E-state index in [1.165, 1.54) is 6.07 Å². The van der Waals surface area contributed by atoms with Crippen molar-refractivity contribution in [3.63, 3.8) is 0 Å². The maximum atomic E-state index is 12.1. The van der Waals surface area contributed by atoms with Gasteiger partial charge in [-0.15, -0.1) is 0 Å². The lowest BCUT2D eigenvalue weighted by Crippen LogP contribution is -2.23. The standard InChI is InChI=1S/C17H14BrNO5/c18-15-8-7-14(24-15)17(22)23-10-13(20)11-3-5-12(6-4-11)19-9-1-2-16(19)21/h3-8H,1-2,9-10H2. The molecule has 6 nitrogen and oxygen atoms in total. The van der Waals surface area contributed by atoms with Crippen molar-refractivity contribution in [1.29, 1.82) is 0 Å². The molecule has 1 aromatic carbocycles. The van der Waals surface area contributed by atoms with Crippen LogP contribution >= 0.6 is 15.9 Å². The number of esters is 1. The van der Waals surface area contributed by atoms with Gasteiger partial charge in [0.1, 0.15) is 0 Å². The second-order valence-electron chi connectivity index (χ2n) is 5.30. The lowest BCUT2D eigenvalue weighted by atomic mass is 10.1. The van der Waals surface area contributed by atoms with Crippen molar-refractivity contribution in [2.75, 3.05) is 18.1 Å². The van der Waals surface area contributed by atoms with Crippen LogP contribution in [0.5, 0.6) is 0 Å². The fourth-order valence-corrected chi connectivity index (χ4v) is 2.76. The number of carbonyl (C=O) groups excluding carboxylic acids is 3. The molecule has 0 aliphatic carbocycles. The number of anilines is 1. The number of rotatable bonds is 5. The highest BCUT2D eigenvalue weighted by Crippen LogP contribution is 2.22. The van der Waals surface area contributed by atoms with E-state index in [1.807, 2.05) is 0 Å². The molecule has 124 valence electrons. The Morgan fingerprint density at radius 3 is 2.50 bits per heavy atom. The molecule has 1 saturated heterocycles. The van der Waals surface area contributed by atoms with Crippen molar-refractivity contribution in [1.82, 2.24) is 0 Å². The van der Waals surface area contributed by atoms with Crippen LogP contribution in [0.3, 0.4) is 0 Å². The van der Waals surface area contributed by atoms with Crippen molar-refractivity contribution in [2.45, 2.75) is 12.8 Å². The van der Waals surface area contributed by atoms with Crippen LogP contribution in [0.25, 0.3) is 0 Å². The molecule has 1 amide bonds. The van der Waals surface area contributed by atoms with E-state index >= 15 is 0 Å². The molecule has 7 heteroatoms. The summed E-state index contributed by atoms with van der Waals surface area (Å²) in [6, 6.07) is 9.72. The second-order valence-corrected chi connectivity index (χ2v) is 6.08. The minimum atomic E-state index is -0.701. The van der Waals surface area contributed by atoms with Gasteiger partial charge in [0.05, 0.1) is 0 Å². The first-order chi connectivity index (χ1) is 11.5. The second kappa shape index (κ2) is 7.00. The van der Waals surface area contributed by atoms with E-state index in [9.17, 15) is 14.4 Å². The van der Waals surface area contributed by atoms with E-state index in [1.54, 1.807) is 35.2 Å². The number of hydrogen-bond donors (Lipinski definition) is 0. The first kappa shape index (κ1) is 16.4. The molecule has 0 bridgehead atoms. The third kappa shape index (κ3) is 3.56. The molecule has 0 atom stereocenters. The molecule has 1 aromatic heterocycles. The van der Waals surface area contributed by atoms with Gasteiger partial charge in [-0.25, -0.2) is 4.79 Å². The molecule has 0 N–H and O–H groups in total. The highest BCUT2D eigenvalue weighted by molar-refractivity contribution is 9.10. The average Bonchev–Trinajstić information content (AvgIpc) is 3.21. The van der Waals surface area contributed by atoms with Gasteiger partial charge in [-0.05, 0) is 58.7 Å². The molecule has 2 heterocycles. The summed E-state index contributed by atoms with van der Waals surface area (Å²) in [5.41, 5.74) is 1.19. The predicted molar refractivity (Wildman–Crippen MR) is 89.1 cm³/mol. The number of amides is 1. The van der Waals surface area contributed by atoms with Crippen molar-refractivity contribution in [3.8, 4) is 0 Å². The lowest BCUT2D eigenvalue weighted by molar-refractivity contribution is -0.117. The summed E-state index contributed by atoms with van der Waals surface area (Å²) >= 11 is 3.09. The van der Waals surface area contributed by atoms with E-state index in [4.69, 9.17) is 9.15 Å². The quantitative estimate of drug-likeness (QED) is 0.577. The van der Waals surface area contributed by atoms with E-state index in [0.29, 0.717) is 23.2 Å². The molecule has 1 aliphatic heterocycles. The fourth-order valence-electron chi connectivity index (χ4n) is 2.46. The average molecular weight is 392 g/mol. The van der Waals surface area contributed by atoms with E-state index < -0.39 is 5.97 Å². The summed E-state index contributed by atoms with van der Waals surface area (Å²) < 4.78 is 10.4. The predicted octanol–water partition coefficient (Wildman–Crippen LogP) is 3.21. The van der Waals surface area contributed by atoms with Gasteiger partial charge in [0.25, 0.3) is 0 Å². The Labute approximate surface area is 146 Å². The summed E-state index contributed by atoms with van der Waals surface area (Å²) in [4.78, 5) is 37.2. The van der Waals surface area contributed by atoms with Crippen LogP contribution in [-0.4, -0.2) is 30.8 Å². The van der Waals surface area contributed by atoms with Crippen LogP contribution in [-0.2, 0) is 9.53 Å². The molecule has 0 unspecified atom stereocenters. The van der Waals surface area contributed by atoms with Crippen LogP contribution in [0.4, 0.5) is 5.69 Å². The summed E-state index contributed by atoms with van der Waals surface area (Å²) in [6.45, 7) is 0.321. The maximum Gasteiger partial charge on any atom is 0.374 e. The molecule has 3 rings (SSSR count). The third-order valence-corrected chi connectivity index (χ3v) is 4.11. The first-order valence-corrected chi connectivity index (χ1v) is 8.20. The largest absolute Gasteiger partial charge is 0.451 e. The van der Waals surface area contributed by atoms with E-state index in [2.05, 4.69) is 15.9 Å². The number of Topliss-reactive ketones (excluding diaryl/α,β-unsaturated/α-hetero) is 1. The first-order valence-electron chi connectivity index (χ1n) is 7.41. The summed E-state index contributed by atoms with van der Waals surface area (Å²) in [5, 5.41) is 0. The van der Waals surface area contributed by atoms with Gasteiger partial charge >= 0.3 is 5.97 Å². The van der Waals surface area contributed by atoms with Gasteiger partial charge < -0.3 is 14.1 Å². The monoisotopic (exact) mass is 391 g/mol. The van der Waals surface area contributed by atoms with Gasteiger partial charge in [-0.3, -0.25) is 9.59 Å². The van der Waals surface area contributed by atoms with Gasteiger partial charge in [0.15, 0.2) is 17.1 Å². The molecule has 0 spiro atoms. The highest BCUT2D eigenvalue weighted by Gasteiger charge is 2.22. The van der Waals surface area contributed by atoms with Gasteiger partial charge in [0, 0.05) is 24.2 Å². The van der Waals surface area contributed by atoms with E-state index in [0.717, 1.165) is 12.1 Å². The zero-order valence-electron chi connectivity index (χ0n) is 12.7. The van der Waals surface area contributed by atoms with Crippen molar-refractivity contribution >= 4 is 39.3 Å². The zero-order chi connectivity index (χ0) is 17.1. The Bertz CT molecular complexity index is 781. The van der Waals surface area contributed by atoms with Crippen LogP contribution in [0.2, 0.25) is 0 Å². The molecule has 24 heavy (non-hydrogen) atoms. The van der Waals surface area contributed by atoms with Crippen molar-refractivity contribution < 1.29 is 23.5 Å². The SMILES string of the molecule is O=C(COC(=O)c1ccc(Br)o1)c1ccc(N2CCCC2=O)cc1. The summed E-state index contributed by atoms with van der Waals surface area (Å²) in [5.74, 6) is -0.910. The van der Waals surface area contributed by atoms with Crippen molar-refractivity contribution in [3.05, 3.63) is 52.4 Å². The number of benzene rings is 1. The number of carbonyl (C=O) groups is 3. The number of ketones is 1. The summed E-state index contributed by atoms with van der Waals surface area (Å²) in [6.07, 6.45) is 1.40. The molecule has 0 radical (unpaired) electrons. The minimum Gasteiger partial charge on any atom is -0.451 e. The van der Waals surface area contributed by atoms with Gasteiger partial charge in [-0.2, -0.15) is 0 Å². The molecule has 2 aromatic rings. The molecule has 0 saturated carbocycles. The highest BCUT2D eigenvalue weighted by atomic mass is 79.9. The molecule has 1 fully saturated rings. The van der Waals surface area contributed by atoms with Gasteiger partial charge in [0.2, 0.25) is 11.7 Å². The topological polar surface area (TPSA) is 76.8 Å². The Hall–Kier alpha value is -2.41. The van der Waals surface area contributed by atoms with Crippen LogP contribution in [0, 0.1) is 0 Å². The zero-order valence-corrected chi connectivity index (χ0v) is 14.2. The van der Waals surface area contributed by atoms with Crippen molar-refractivity contribution in [2.24, 2.45) is 0 Å². The minimum absolute atomic E-state index is 0.0255. The van der Waals surface area contributed by atoms with E-state index in [-0.39, 0.29) is 24.1 Å². The Morgan fingerprint density at radius 1 is 1.17 bits per heavy atom. The lowest BCUT2D eigenvalue weighted by Gasteiger charge is -2.15. The smallest absolute Gasteiger partial charge is 0.374 e. The number of halogens is 1. The third-order valence-electron chi connectivity index (χ3n) is 3.68. The van der Waals surface area contributed by atoms with Gasteiger partial charge in [-0.1, -0.05) is 0 Å². The van der Waals surface area contributed by atoms with Crippen LogP contribution < -0.4 is 4.90 Å². The normalized spacial score (nSPS) is 14.0. The summed E-state index contributed by atoms with van der Waals surface area (Å²) in [7, 11) is 0. The molecule has 1 aliphatic rings. The Kier molecular flexibility index (Phi) is 4.80. The number of nitrogens with zero attached hydrogens (tertiary/aromatic N) is 1. The molecular weight excluding hydrogens is 378 g/mol.